The van der Waals surface area contributed by atoms with Crippen LogP contribution in [-0.4, -0.2) is 37.5 Å². The number of fused-ring (bicyclic) bond motifs is 1. The molecule has 6 heteroatoms. The second-order valence-corrected chi connectivity index (χ2v) is 7.50. The number of benzene rings is 1. The molecule has 0 bridgehead atoms. The maximum atomic E-state index is 12.6. The standard InChI is InChI=1S/C14H20N2O3S/c17-6-4-11-3-5-16(10-11)20(18,19)14-2-1-12-8-15-9-13(12)7-14/h1-2,7,11,15,17H,3-6,8-10H2. The first-order valence-electron chi connectivity index (χ1n) is 7.05. The molecule has 2 aliphatic rings. The van der Waals surface area contributed by atoms with Crippen LogP contribution < -0.4 is 5.32 Å². The molecule has 5 nitrogen and oxygen atoms in total. The summed E-state index contributed by atoms with van der Waals surface area (Å²) in [5.41, 5.74) is 2.26. The van der Waals surface area contributed by atoms with Crippen molar-refractivity contribution in [2.24, 2.45) is 5.92 Å². The Morgan fingerprint density at radius 1 is 1.30 bits per heavy atom. The Morgan fingerprint density at radius 2 is 2.10 bits per heavy atom. The van der Waals surface area contributed by atoms with E-state index in [2.05, 4.69) is 5.32 Å². The van der Waals surface area contributed by atoms with E-state index < -0.39 is 10.0 Å². The highest BCUT2D eigenvalue weighted by Crippen LogP contribution is 2.28. The van der Waals surface area contributed by atoms with Gasteiger partial charge in [-0.2, -0.15) is 4.31 Å². The highest BCUT2D eigenvalue weighted by atomic mass is 32.2. The average molecular weight is 296 g/mol. The molecule has 110 valence electrons. The van der Waals surface area contributed by atoms with Crippen molar-refractivity contribution >= 4 is 10.0 Å². The van der Waals surface area contributed by atoms with Crippen molar-refractivity contribution in [3.8, 4) is 0 Å². The van der Waals surface area contributed by atoms with Gasteiger partial charge in [-0.15, -0.1) is 0 Å². The van der Waals surface area contributed by atoms with Crippen LogP contribution >= 0.6 is 0 Å². The number of nitrogens with zero attached hydrogens (tertiary/aromatic N) is 1. The number of hydrogen-bond acceptors (Lipinski definition) is 4. The lowest BCUT2D eigenvalue weighted by atomic mass is 10.1. The summed E-state index contributed by atoms with van der Waals surface area (Å²) in [4.78, 5) is 0.393. The lowest BCUT2D eigenvalue weighted by Crippen LogP contribution is -2.29. The minimum atomic E-state index is -3.39. The summed E-state index contributed by atoms with van der Waals surface area (Å²) in [7, 11) is -3.39. The first kappa shape index (κ1) is 14.0. The largest absolute Gasteiger partial charge is 0.396 e. The molecule has 1 fully saturated rings. The van der Waals surface area contributed by atoms with Gasteiger partial charge in [0.15, 0.2) is 0 Å². The molecular weight excluding hydrogens is 276 g/mol. The van der Waals surface area contributed by atoms with E-state index in [0.29, 0.717) is 24.4 Å². The van der Waals surface area contributed by atoms with Crippen LogP contribution in [0.4, 0.5) is 0 Å². The molecule has 1 atom stereocenters. The fraction of sp³-hybridized carbons (Fsp3) is 0.571. The Bertz CT molecular complexity index is 600. The Kier molecular flexibility index (Phi) is 3.81. The predicted molar refractivity (Wildman–Crippen MR) is 75.6 cm³/mol. The lowest BCUT2D eigenvalue weighted by molar-refractivity contribution is 0.259. The smallest absolute Gasteiger partial charge is 0.243 e. The number of aliphatic hydroxyl groups excluding tert-OH is 1. The normalized spacial score (nSPS) is 23.1. The van der Waals surface area contributed by atoms with E-state index in [9.17, 15) is 8.42 Å². The first-order chi connectivity index (χ1) is 9.61. The van der Waals surface area contributed by atoms with Crippen molar-refractivity contribution in [1.29, 1.82) is 0 Å². The van der Waals surface area contributed by atoms with Gasteiger partial charge in [0, 0.05) is 32.8 Å². The van der Waals surface area contributed by atoms with Crippen LogP contribution in [0.3, 0.4) is 0 Å². The maximum Gasteiger partial charge on any atom is 0.243 e. The van der Waals surface area contributed by atoms with Crippen LogP contribution in [0.2, 0.25) is 0 Å². The Hall–Kier alpha value is -0.950. The number of sulfonamides is 1. The fourth-order valence-electron chi connectivity index (χ4n) is 3.01. The molecule has 1 aromatic carbocycles. The van der Waals surface area contributed by atoms with Crippen molar-refractivity contribution in [1.82, 2.24) is 9.62 Å². The third-order valence-corrected chi connectivity index (χ3v) is 6.09. The van der Waals surface area contributed by atoms with Gasteiger partial charge in [0.1, 0.15) is 0 Å². The summed E-state index contributed by atoms with van der Waals surface area (Å²) in [5, 5.41) is 12.2. The van der Waals surface area contributed by atoms with Gasteiger partial charge < -0.3 is 10.4 Å². The molecule has 3 rings (SSSR count). The molecule has 0 saturated carbocycles. The van der Waals surface area contributed by atoms with Crippen molar-refractivity contribution in [2.75, 3.05) is 19.7 Å². The quantitative estimate of drug-likeness (QED) is 0.857. The highest BCUT2D eigenvalue weighted by molar-refractivity contribution is 7.89. The van der Waals surface area contributed by atoms with Crippen LogP contribution in [0.25, 0.3) is 0 Å². The lowest BCUT2D eigenvalue weighted by Gasteiger charge is -2.17. The average Bonchev–Trinajstić information content (AvgIpc) is 3.06. The minimum absolute atomic E-state index is 0.128. The van der Waals surface area contributed by atoms with Crippen LogP contribution in [0.15, 0.2) is 23.1 Å². The van der Waals surface area contributed by atoms with E-state index in [0.717, 1.165) is 25.1 Å². The second kappa shape index (κ2) is 5.44. The van der Waals surface area contributed by atoms with Gasteiger partial charge in [0.05, 0.1) is 4.90 Å². The molecule has 2 heterocycles. The van der Waals surface area contributed by atoms with E-state index in [1.165, 1.54) is 5.56 Å². The molecule has 1 saturated heterocycles. The number of hydrogen-bond donors (Lipinski definition) is 2. The molecule has 1 unspecified atom stereocenters. The molecule has 2 aliphatic heterocycles. The Morgan fingerprint density at radius 3 is 2.90 bits per heavy atom. The molecule has 1 aromatic rings. The van der Waals surface area contributed by atoms with Gasteiger partial charge in [-0.1, -0.05) is 6.07 Å². The number of rotatable bonds is 4. The van der Waals surface area contributed by atoms with Gasteiger partial charge in [0.2, 0.25) is 10.0 Å². The topological polar surface area (TPSA) is 69.6 Å². The maximum absolute atomic E-state index is 12.6. The van der Waals surface area contributed by atoms with Gasteiger partial charge >= 0.3 is 0 Å². The molecular formula is C14H20N2O3S. The van der Waals surface area contributed by atoms with Crippen LogP contribution in [0.1, 0.15) is 24.0 Å². The van der Waals surface area contributed by atoms with E-state index in [1.807, 2.05) is 6.07 Å². The van der Waals surface area contributed by atoms with Crippen molar-refractivity contribution in [3.63, 3.8) is 0 Å². The minimum Gasteiger partial charge on any atom is -0.396 e. The fourth-order valence-corrected chi connectivity index (χ4v) is 4.60. The van der Waals surface area contributed by atoms with E-state index >= 15 is 0 Å². The molecule has 0 aromatic heterocycles. The van der Waals surface area contributed by atoms with E-state index in [1.54, 1.807) is 16.4 Å². The predicted octanol–water partition coefficient (Wildman–Crippen LogP) is 0.683. The van der Waals surface area contributed by atoms with Crippen molar-refractivity contribution in [2.45, 2.75) is 30.8 Å². The molecule has 0 radical (unpaired) electrons. The van der Waals surface area contributed by atoms with Crippen LogP contribution in [0.5, 0.6) is 0 Å². The Balaban J connectivity index is 1.82. The molecule has 0 spiro atoms. The zero-order chi connectivity index (χ0) is 14.2. The summed E-state index contributed by atoms with van der Waals surface area (Å²) in [6.45, 7) is 2.77. The molecule has 0 aliphatic carbocycles. The SMILES string of the molecule is O=S(=O)(c1ccc2c(c1)CNC2)N1CCC(CCO)C1. The zero-order valence-corrected chi connectivity index (χ0v) is 12.2. The first-order valence-corrected chi connectivity index (χ1v) is 8.49. The number of nitrogens with one attached hydrogen (secondary N) is 1. The zero-order valence-electron chi connectivity index (χ0n) is 11.4. The van der Waals surface area contributed by atoms with Gasteiger partial charge in [0.25, 0.3) is 0 Å². The summed E-state index contributed by atoms with van der Waals surface area (Å²) in [5.74, 6) is 0.283. The van der Waals surface area contributed by atoms with Gasteiger partial charge in [-0.05, 0) is 42.0 Å². The Labute approximate surface area is 119 Å². The monoisotopic (exact) mass is 296 g/mol. The summed E-state index contributed by atoms with van der Waals surface area (Å²) in [6.07, 6.45) is 1.52. The van der Waals surface area contributed by atoms with Crippen molar-refractivity contribution < 1.29 is 13.5 Å². The van der Waals surface area contributed by atoms with E-state index in [-0.39, 0.29) is 12.5 Å². The summed E-state index contributed by atoms with van der Waals surface area (Å²) >= 11 is 0. The van der Waals surface area contributed by atoms with Crippen LogP contribution in [-0.2, 0) is 23.1 Å². The molecule has 20 heavy (non-hydrogen) atoms. The molecule has 0 amide bonds. The third kappa shape index (κ3) is 2.48. The van der Waals surface area contributed by atoms with Crippen LogP contribution in [0, 0.1) is 5.92 Å². The van der Waals surface area contributed by atoms with Gasteiger partial charge in [-0.3, -0.25) is 0 Å². The summed E-state index contributed by atoms with van der Waals surface area (Å²) < 4.78 is 26.8. The van der Waals surface area contributed by atoms with E-state index in [4.69, 9.17) is 5.11 Å². The number of aliphatic hydroxyl groups is 1. The van der Waals surface area contributed by atoms with Crippen molar-refractivity contribution in [3.05, 3.63) is 29.3 Å². The van der Waals surface area contributed by atoms with Gasteiger partial charge in [-0.25, -0.2) is 8.42 Å². The third-order valence-electron chi connectivity index (χ3n) is 4.23. The summed E-state index contributed by atoms with van der Waals surface area (Å²) in [6, 6.07) is 5.41. The molecule has 2 N–H and O–H groups in total. The second-order valence-electron chi connectivity index (χ2n) is 5.56. The highest BCUT2D eigenvalue weighted by Gasteiger charge is 2.32.